The molecule has 0 radical (unpaired) electrons. The average molecular weight is 339 g/mol. The van der Waals surface area contributed by atoms with Gasteiger partial charge in [-0.25, -0.2) is 0 Å². The molecule has 0 bridgehead atoms. The third-order valence-electron chi connectivity index (χ3n) is 3.49. The van der Waals surface area contributed by atoms with Crippen LogP contribution < -0.4 is 0 Å². The van der Waals surface area contributed by atoms with Crippen molar-refractivity contribution in [3.05, 3.63) is 70.7 Å². The second kappa shape index (κ2) is 7.27. The molecular formula is C17H19ClO3S. The Morgan fingerprint density at radius 2 is 1.64 bits per heavy atom. The molecule has 5 heteroatoms. The van der Waals surface area contributed by atoms with Crippen LogP contribution >= 0.6 is 11.6 Å². The molecular weight excluding hydrogens is 320 g/mol. The summed E-state index contributed by atoms with van der Waals surface area (Å²) < 4.78 is 28.1. The SMILES string of the molecule is C[C@@H](OS(C)(=O)=O)[C@@H](Cc1ccc(Cl)cc1)c1ccccc1. The molecule has 0 unspecified atom stereocenters. The predicted molar refractivity (Wildman–Crippen MR) is 89.7 cm³/mol. The quantitative estimate of drug-likeness (QED) is 0.747. The molecule has 2 aromatic rings. The number of halogens is 1. The molecule has 0 saturated carbocycles. The zero-order valence-electron chi connectivity index (χ0n) is 12.6. The molecule has 22 heavy (non-hydrogen) atoms. The highest BCUT2D eigenvalue weighted by Crippen LogP contribution is 2.27. The van der Waals surface area contributed by atoms with E-state index in [0.717, 1.165) is 17.4 Å². The summed E-state index contributed by atoms with van der Waals surface area (Å²) in [7, 11) is -3.50. The van der Waals surface area contributed by atoms with Crippen LogP contribution in [0.4, 0.5) is 0 Å². The van der Waals surface area contributed by atoms with Crippen LogP contribution in [0.15, 0.2) is 54.6 Å². The van der Waals surface area contributed by atoms with Crippen LogP contribution in [0.25, 0.3) is 0 Å². The molecule has 0 spiro atoms. The maximum absolute atomic E-state index is 11.4. The Kier molecular flexibility index (Phi) is 5.62. The van der Waals surface area contributed by atoms with Crippen molar-refractivity contribution in [2.24, 2.45) is 0 Å². The van der Waals surface area contributed by atoms with Crippen LogP contribution in [0.2, 0.25) is 5.02 Å². The van der Waals surface area contributed by atoms with Gasteiger partial charge in [0, 0.05) is 10.9 Å². The molecule has 0 N–H and O–H groups in total. The van der Waals surface area contributed by atoms with Crippen molar-refractivity contribution in [1.82, 2.24) is 0 Å². The van der Waals surface area contributed by atoms with Crippen molar-refractivity contribution in [1.29, 1.82) is 0 Å². The zero-order valence-corrected chi connectivity index (χ0v) is 14.1. The first-order valence-corrected chi connectivity index (χ1v) is 9.22. The first-order valence-electron chi connectivity index (χ1n) is 7.03. The molecule has 0 aromatic heterocycles. The van der Waals surface area contributed by atoms with Crippen LogP contribution in [-0.4, -0.2) is 20.8 Å². The third-order valence-corrected chi connectivity index (χ3v) is 4.39. The Morgan fingerprint density at radius 1 is 1.05 bits per heavy atom. The molecule has 0 heterocycles. The van der Waals surface area contributed by atoms with Crippen molar-refractivity contribution >= 4 is 21.7 Å². The van der Waals surface area contributed by atoms with Gasteiger partial charge in [-0.3, -0.25) is 4.18 Å². The Balaban J connectivity index is 2.27. The van der Waals surface area contributed by atoms with Gasteiger partial charge in [-0.05, 0) is 36.6 Å². The minimum atomic E-state index is -3.50. The Bertz CT molecular complexity index is 696. The molecule has 0 saturated heterocycles. The Labute approximate surface area is 137 Å². The van der Waals surface area contributed by atoms with Crippen molar-refractivity contribution in [2.45, 2.75) is 25.4 Å². The molecule has 0 fully saturated rings. The highest BCUT2D eigenvalue weighted by molar-refractivity contribution is 7.86. The smallest absolute Gasteiger partial charge is 0.264 e. The molecule has 0 amide bonds. The van der Waals surface area contributed by atoms with E-state index < -0.39 is 16.2 Å². The van der Waals surface area contributed by atoms with E-state index in [1.165, 1.54) is 0 Å². The van der Waals surface area contributed by atoms with E-state index in [4.69, 9.17) is 15.8 Å². The average Bonchev–Trinajstić information content (AvgIpc) is 2.45. The number of hydrogen-bond donors (Lipinski definition) is 0. The molecule has 0 aliphatic heterocycles. The number of benzene rings is 2. The molecule has 3 nitrogen and oxygen atoms in total. The van der Waals surface area contributed by atoms with Gasteiger partial charge in [0.05, 0.1) is 12.4 Å². The van der Waals surface area contributed by atoms with Crippen molar-refractivity contribution in [3.63, 3.8) is 0 Å². The minimum Gasteiger partial charge on any atom is -0.267 e. The predicted octanol–water partition coefficient (Wildman–Crippen LogP) is 4.03. The maximum atomic E-state index is 11.4. The first-order chi connectivity index (χ1) is 10.3. The lowest BCUT2D eigenvalue weighted by Crippen LogP contribution is -2.24. The molecule has 0 aliphatic rings. The second-order valence-electron chi connectivity index (χ2n) is 5.35. The van der Waals surface area contributed by atoms with Crippen molar-refractivity contribution in [3.8, 4) is 0 Å². The molecule has 2 aromatic carbocycles. The van der Waals surface area contributed by atoms with E-state index in [2.05, 4.69) is 0 Å². The summed E-state index contributed by atoms with van der Waals surface area (Å²) in [4.78, 5) is 0. The summed E-state index contributed by atoms with van der Waals surface area (Å²) in [6.07, 6.45) is 1.30. The van der Waals surface area contributed by atoms with Gasteiger partial charge < -0.3 is 0 Å². The van der Waals surface area contributed by atoms with Crippen LogP contribution in [0.5, 0.6) is 0 Å². The first kappa shape index (κ1) is 17.0. The summed E-state index contributed by atoms with van der Waals surface area (Å²) in [5.74, 6) is -0.0582. The van der Waals surface area contributed by atoms with Gasteiger partial charge in [0.2, 0.25) is 0 Å². The minimum absolute atomic E-state index is 0.0582. The fourth-order valence-electron chi connectivity index (χ4n) is 2.47. The lowest BCUT2D eigenvalue weighted by Gasteiger charge is -2.24. The number of hydrogen-bond acceptors (Lipinski definition) is 3. The van der Waals surface area contributed by atoms with Crippen LogP contribution in [0.1, 0.15) is 24.0 Å². The molecule has 118 valence electrons. The second-order valence-corrected chi connectivity index (χ2v) is 7.39. The van der Waals surface area contributed by atoms with Gasteiger partial charge in [0.25, 0.3) is 10.1 Å². The standard InChI is InChI=1S/C17H19ClO3S/c1-13(21-22(2,19)20)17(15-6-4-3-5-7-15)12-14-8-10-16(18)11-9-14/h3-11,13,17H,12H2,1-2H3/t13-,17-/m1/s1. The molecule has 0 aliphatic carbocycles. The number of rotatable bonds is 6. The summed E-state index contributed by atoms with van der Waals surface area (Å²) in [6.45, 7) is 1.79. The molecule has 2 rings (SSSR count). The van der Waals surface area contributed by atoms with Crippen molar-refractivity contribution in [2.75, 3.05) is 6.26 Å². The Morgan fingerprint density at radius 3 is 2.18 bits per heavy atom. The normalized spacial score (nSPS) is 14.5. The van der Waals surface area contributed by atoms with E-state index in [1.54, 1.807) is 6.92 Å². The fraction of sp³-hybridized carbons (Fsp3) is 0.294. The summed E-state index contributed by atoms with van der Waals surface area (Å²) in [6, 6.07) is 17.4. The highest BCUT2D eigenvalue weighted by Gasteiger charge is 2.23. The van der Waals surface area contributed by atoms with E-state index >= 15 is 0 Å². The van der Waals surface area contributed by atoms with E-state index in [1.807, 2.05) is 54.6 Å². The van der Waals surface area contributed by atoms with Gasteiger partial charge in [0.15, 0.2) is 0 Å². The summed E-state index contributed by atoms with van der Waals surface area (Å²) in [5, 5.41) is 0.681. The van der Waals surface area contributed by atoms with Gasteiger partial charge in [-0.1, -0.05) is 54.1 Å². The Hall–Kier alpha value is -1.36. The van der Waals surface area contributed by atoms with Gasteiger partial charge >= 0.3 is 0 Å². The summed E-state index contributed by atoms with van der Waals surface area (Å²) in [5.41, 5.74) is 2.14. The maximum Gasteiger partial charge on any atom is 0.264 e. The van der Waals surface area contributed by atoms with E-state index in [9.17, 15) is 8.42 Å². The van der Waals surface area contributed by atoms with E-state index in [0.29, 0.717) is 11.4 Å². The van der Waals surface area contributed by atoms with Crippen LogP contribution in [0, 0.1) is 0 Å². The monoisotopic (exact) mass is 338 g/mol. The van der Waals surface area contributed by atoms with E-state index in [-0.39, 0.29) is 5.92 Å². The topological polar surface area (TPSA) is 43.4 Å². The fourth-order valence-corrected chi connectivity index (χ4v) is 3.28. The van der Waals surface area contributed by atoms with Gasteiger partial charge in [-0.15, -0.1) is 0 Å². The van der Waals surface area contributed by atoms with Crippen LogP contribution in [0.3, 0.4) is 0 Å². The zero-order chi connectivity index (χ0) is 16.2. The highest BCUT2D eigenvalue weighted by atomic mass is 35.5. The van der Waals surface area contributed by atoms with Gasteiger partial charge in [-0.2, -0.15) is 8.42 Å². The lowest BCUT2D eigenvalue weighted by molar-refractivity contribution is 0.197. The van der Waals surface area contributed by atoms with Crippen molar-refractivity contribution < 1.29 is 12.6 Å². The van der Waals surface area contributed by atoms with Gasteiger partial charge in [0.1, 0.15) is 0 Å². The third kappa shape index (κ3) is 5.13. The van der Waals surface area contributed by atoms with Crippen LogP contribution in [-0.2, 0) is 20.7 Å². The lowest BCUT2D eigenvalue weighted by atomic mass is 9.88. The largest absolute Gasteiger partial charge is 0.267 e. The molecule has 2 atom stereocenters. The summed E-state index contributed by atoms with van der Waals surface area (Å²) >= 11 is 5.91.